The normalized spacial score (nSPS) is 24.4. The van der Waals surface area contributed by atoms with Crippen LogP contribution in [0.15, 0.2) is 36.4 Å². The molecule has 0 amide bonds. The lowest BCUT2D eigenvalue weighted by Crippen LogP contribution is -1.91. The lowest BCUT2D eigenvalue weighted by atomic mass is 9.98. The molecule has 0 aliphatic heterocycles. The van der Waals surface area contributed by atoms with E-state index in [0.717, 1.165) is 12.0 Å². The molecule has 0 saturated carbocycles. The van der Waals surface area contributed by atoms with Crippen LogP contribution in [0.25, 0.3) is 10.8 Å². The quantitative estimate of drug-likeness (QED) is 0.688. The van der Waals surface area contributed by atoms with Gasteiger partial charge < -0.3 is 5.11 Å². The maximum Gasteiger partial charge on any atom is 0.0804 e. The molecule has 0 radical (unpaired) electrons. The van der Waals surface area contributed by atoms with E-state index in [2.05, 4.69) is 31.2 Å². The highest BCUT2D eigenvalue weighted by Gasteiger charge is 2.27. The largest absolute Gasteiger partial charge is 0.388 e. The van der Waals surface area contributed by atoms with Gasteiger partial charge in [-0.25, -0.2) is 0 Å². The van der Waals surface area contributed by atoms with Crippen molar-refractivity contribution in [1.29, 1.82) is 0 Å². The van der Waals surface area contributed by atoms with Gasteiger partial charge in [-0.1, -0.05) is 43.3 Å². The fourth-order valence-electron chi connectivity index (χ4n) is 2.69. The van der Waals surface area contributed by atoms with Crippen molar-refractivity contribution >= 4 is 10.8 Å². The third-order valence-corrected chi connectivity index (χ3v) is 3.45. The summed E-state index contributed by atoms with van der Waals surface area (Å²) in [4.78, 5) is 0. The van der Waals surface area contributed by atoms with Crippen LogP contribution in [0.2, 0.25) is 0 Å². The molecule has 0 bridgehead atoms. The Morgan fingerprint density at radius 1 is 1.13 bits per heavy atom. The van der Waals surface area contributed by atoms with Crippen molar-refractivity contribution in [1.82, 2.24) is 0 Å². The molecule has 2 aromatic rings. The SMILES string of the molecule is C[C@@H]1C[C@@H](O)c2c1ccc1ccccc21. The van der Waals surface area contributed by atoms with E-state index in [4.69, 9.17) is 0 Å². The Kier molecular flexibility index (Phi) is 1.83. The summed E-state index contributed by atoms with van der Waals surface area (Å²) in [5, 5.41) is 12.5. The second kappa shape index (κ2) is 3.07. The van der Waals surface area contributed by atoms with Crippen LogP contribution in [-0.2, 0) is 0 Å². The first-order valence-electron chi connectivity index (χ1n) is 5.47. The van der Waals surface area contributed by atoms with E-state index in [0.29, 0.717) is 5.92 Å². The van der Waals surface area contributed by atoms with E-state index < -0.39 is 0 Å². The molecule has 1 N–H and O–H groups in total. The van der Waals surface area contributed by atoms with Gasteiger partial charge in [-0.05, 0) is 34.2 Å². The van der Waals surface area contributed by atoms with E-state index in [-0.39, 0.29) is 6.10 Å². The monoisotopic (exact) mass is 198 g/mol. The number of fused-ring (bicyclic) bond motifs is 3. The molecule has 1 aliphatic carbocycles. The number of aliphatic hydroxyl groups is 1. The molecule has 0 fully saturated rings. The van der Waals surface area contributed by atoms with Crippen molar-refractivity contribution < 1.29 is 5.11 Å². The summed E-state index contributed by atoms with van der Waals surface area (Å²) >= 11 is 0. The van der Waals surface area contributed by atoms with Crippen molar-refractivity contribution in [2.45, 2.75) is 25.4 Å². The summed E-state index contributed by atoms with van der Waals surface area (Å²) in [7, 11) is 0. The smallest absolute Gasteiger partial charge is 0.0804 e. The first kappa shape index (κ1) is 8.93. The number of benzene rings is 2. The molecular formula is C14H14O. The molecule has 0 unspecified atom stereocenters. The molecule has 0 heterocycles. The van der Waals surface area contributed by atoms with E-state index in [1.807, 2.05) is 12.1 Å². The van der Waals surface area contributed by atoms with Crippen LogP contribution in [0.3, 0.4) is 0 Å². The summed E-state index contributed by atoms with van der Waals surface area (Å²) in [6, 6.07) is 12.6. The predicted molar refractivity (Wildman–Crippen MR) is 61.9 cm³/mol. The van der Waals surface area contributed by atoms with Gasteiger partial charge in [0.15, 0.2) is 0 Å². The van der Waals surface area contributed by atoms with E-state index >= 15 is 0 Å². The van der Waals surface area contributed by atoms with Crippen molar-refractivity contribution in [2.75, 3.05) is 0 Å². The average Bonchev–Trinajstić information content (AvgIpc) is 2.55. The van der Waals surface area contributed by atoms with E-state index in [9.17, 15) is 5.11 Å². The number of aliphatic hydroxyl groups excluding tert-OH is 1. The van der Waals surface area contributed by atoms with Crippen LogP contribution in [0.1, 0.15) is 36.5 Å². The minimum atomic E-state index is -0.277. The van der Waals surface area contributed by atoms with Gasteiger partial charge in [-0.2, -0.15) is 0 Å². The van der Waals surface area contributed by atoms with Gasteiger partial charge in [0.25, 0.3) is 0 Å². The molecule has 1 heteroatoms. The highest BCUT2D eigenvalue weighted by atomic mass is 16.3. The lowest BCUT2D eigenvalue weighted by Gasteiger charge is -2.08. The van der Waals surface area contributed by atoms with Crippen LogP contribution in [0.5, 0.6) is 0 Å². The highest BCUT2D eigenvalue weighted by Crippen LogP contribution is 2.43. The summed E-state index contributed by atoms with van der Waals surface area (Å²) in [6.07, 6.45) is 0.588. The summed E-state index contributed by atoms with van der Waals surface area (Å²) in [5.41, 5.74) is 2.47. The summed E-state index contributed by atoms with van der Waals surface area (Å²) < 4.78 is 0. The van der Waals surface area contributed by atoms with Gasteiger partial charge in [0, 0.05) is 0 Å². The first-order chi connectivity index (χ1) is 7.27. The maximum absolute atomic E-state index is 10.0. The zero-order valence-electron chi connectivity index (χ0n) is 8.77. The molecule has 2 atom stereocenters. The zero-order chi connectivity index (χ0) is 10.4. The summed E-state index contributed by atoms with van der Waals surface area (Å²) in [6.45, 7) is 2.18. The number of rotatable bonds is 0. The number of hydrogen-bond acceptors (Lipinski definition) is 1. The molecule has 3 rings (SSSR count). The minimum absolute atomic E-state index is 0.277. The lowest BCUT2D eigenvalue weighted by molar-refractivity contribution is 0.176. The molecule has 15 heavy (non-hydrogen) atoms. The van der Waals surface area contributed by atoms with Crippen LogP contribution in [-0.4, -0.2) is 5.11 Å². The second-order valence-corrected chi connectivity index (χ2v) is 4.44. The van der Waals surface area contributed by atoms with Crippen LogP contribution >= 0.6 is 0 Å². The first-order valence-corrected chi connectivity index (χ1v) is 5.47. The third kappa shape index (κ3) is 1.20. The third-order valence-electron chi connectivity index (χ3n) is 3.45. The van der Waals surface area contributed by atoms with Crippen LogP contribution in [0.4, 0.5) is 0 Å². The Morgan fingerprint density at radius 2 is 1.93 bits per heavy atom. The average molecular weight is 198 g/mol. The minimum Gasteiger partial charge on any atom is -0.388 e. The van der Waals surface area contributed by atoms with Gasteiger partial charge in [-0.3, -0.25) is 0 Å². The van der Waals surface area contributed by atoms with Crippen LogP contribution in [0, 0.1) is 0 Å². The van der Waals surface area contributed by atoms with Gasteiger partial charge in [0.2, 0.25) is 0 Å². The fraction of sp³-hybridized carbons (Fsp3) is 0.286. The van der Waals surface area contributed by atoms with Crippen molar-refractivity contribution in [3.05, 3.63) is 47.5 Å². The Bertz CT molecular complexity index is 516. The Hall–Kier alpha value is -1.34. The fourth-order valence-corrected chi connectivity index (χ4v) is 2.69. The second-order valence-electron chi connectivity index (χ2n) is 4.44. The summed E-state index contributed by atoms with van der Waals surface area (Å²) in [5.74, 6) is 0.486. The van der Waals surface area contributed by atoms with Crippen molar-refractivity contribution in [3.63, 3.8) is 0 Å². The van der Waals surface area contributed by atoms with Gasteiger partial charge in [-0.15, -0.1) is 0 Å². The maximum atomic E-state index is 10.0. The van der Waals surface area contributed by atoms with E-state index in [1.54, 1.807) is 0 Å². The van der Waals surface area contributed by atoms with Crippen molar-refractivity contribution in [2.24, 2.45) is 0 Å². The standard InChI is InChI=1S/C14H14O/c1-9-8-13(15)14-11(9)7-6-10-4-2-3-5-12(10)14/h2-7,9,13,15H,8H2,1H3/t9-,13-/m1/s1. The molecule has 2 aromatic carbocycles. The molecule has 0 spiro atoms. The number of hydrogen-bond donors (Lipinski definition) is 1. The van der Waals surface area contributed by atoms with Crippen molar-refractivity contribution in [3.8, 4) is 0 Å². The molecular weight excluding hydrogens is 184 g/mol. The predicted octanol–water partition coefficient (Wildman–Crippen LogP) is 3.38. The highest BCUT2D eigenvalue weighted by molar-refractivity contribution is 5.87. The Balaban J connectivity index is 2.39. The van der Waals surface area contributed by atoms with Gasteiger partial charge >= 0.3 is 0 Å². The molecule has 1 aliphatic rings. The topological polar surface area (TPSA) is 20.2 Å². The van der Waals surface area contributed by atoms with Gasteiger partial charge in [0.1, 0.15) is 0 Å². The zero-order valence-corrected chi connectivity index (χ0v) is 8.77. The molecule has 76 valence electrons. The van der Waals surface area contributed by atoms with Gasteiger partial charge in [0.05, 0.1) is 6.10 Å². The Labute approximate surface area is 89.4 Å². The molecule has 0 saturated heterocycles. The van der Waals surface area contributed by atoms with E-state index in [1.165, 1.54) is 16.3 Å². The molecule has 0 aromatic heterocycles. The van der Waals surface area contributed by atoms with Crippen LogP contribution < -0.4 is 0 Å². The molecule has 1 nitrogen and oxygen atoms in total. The Morgan fingerprint density at radius 3 is 2.80 bits per heavy atom.